The Morgan fingerprint density at radius 2 is 1.88 bits per heavy atom. The summed E-state index contributed by atoms with van der Waals surface area (Å²) in [6.45, 7) is 5.46. The molecule has 2 aromatic carbocycles. The number of halogens is 1. The zero-order valence-electron chi connectivity index (χ0n) is 18.7. The summed E-state index contributed by atoms with van der Waals surface area (Å²) in [6, 6.07) is 15.4. The van der Waals surface area contributed by atoms with Gasteiger partial charge in [0.15, 0.2) is 0 Å². The lowest BCUT2D eigenvalue weighted by molar-refractivity contribution is -0.120. The van der Waals surface area contributed by atoms with Crippen LogP contribution in [0.2, 0.25) is 0 Å². The van der Waals surface area contributed by atoms with Crippen molar-refractivity contribution in [2.24, 2.45) is 0 Å². The second-order valence-electron chi connectivity index (χ2n) is 8.57. The molecule has 2 heterocycles. The Morgan fingerprint density at radius 3 is 2.61 bits per heavy atom. The first-order valence-electron chi connectivity index (χ1n) is 10.9. The maximum atomic E-state index is 13.3. The Hall–Kier alpha value is -3.52. The summed E-state index contributed by atoms with van der Waals surface area (Å²) in [7, 11) is 0. The molecule has 7 nitrogen and oxygen atoms in total. The molecule has 2 N–H and O–H groups in total. The molecule has 0 spiro atoms. The number of aromatic nitrogens is 2. The number of ether oxygens (including phenoxy) is 1. The van der Waals surface area contributed by atoms with Gasteiger partial charge in [-0.15, -0.1) is 0 Å². The second-order valence-corrected chi connectivity index (χ2v) is 8.57. The molecule has 0 saturated carbocycles. The number of amides is 1. The van der Waals surface area contributed by atoms with Crippen LogP contribution in [0.4, 0.5) is 4.39 Å². The van der Waals surface area contributed by atoms with Crippen molar-refractivity contribution in [3.8, 4) is 5.75 Å². The molecule has 172 valence electrons. The fourth-order valence-corrected chi connectivity index (χ4v) is 3.84. The van der Waals surface area contributed by atoms with E-state index in [4.69, 9.17) is 9.72 Å². The Morgan fingerprint density at radius 1 is 1.15 bits per heavy atom. The third kappa shape index (κ3) is 5.28. The van der Waals surface area contributed by atoms with Crippen LogP contribution in [0.15, 0.2) is 59.4 Å². The van der Waals surface area contributed by atoms with Crippen molar-refractivity contribution in [3.63, 3.8) is 0 Å². The lowest BCUT2D eigenvalue weighted by Crippen LogP contribution is -2.50. The van der Waals surface area contributed by atoms with Gasteiger partial charge >= 0.3 is 0 Å². The van der Waals surface area contributed by atoms with E-state index in [9.17, 15) is 14.0 Å². The van der Waals surface area contributed by atoms with E-state index < -0.39 is 5.54 Å². The highest BCUT2D eigenvalue weighted by Gasteiger charge is 2.32. The molecule has 0 unspecified atom stereocenters. The summed E-state index contributed by atoms with van der Waals surface area (Å²) < 4.78 is 20.7. The monoisotopic (exact) mass is 450 g/mol. The summed E-state index contributed by atoms with van der Waals surface area (Å²) in [5.74, 6) is 0.0342. The maximum Gasteiger partial charge on any atom is 0.296 e. The number of carbonyl (C=O) groups is 1. The van der Waals surface area contributed by atoms with Gasteiger partial charge in [0.2, 0.25) is 11.7 Å². The van der Waals surface area contributed by atoms with Crippen LogP contribution in [0.25, 0.3) is 0 Å². The molecule has 33 heavy (non-hydrogen) atoms. The van der Waals surface area contributed by atoms with Crippen LogP contribution in [-0.4, -0.2) is 22.0 Å². The first kappa shape index (κ1) is 22.7. The van der Waals surface area contributed by atoms with Crippen molar-refractivity contribution in [3.05, 3.63) is 93.4 Å². The molecule has 0 fully saturated rings. The zero-order valence-corrected chi connectivity index (χ0v) is 18.7. The largest absolute Gasteiger partial charge is 0.482 e. The van der Waals surface area contributed by atoms with E-state index in [1.165, 1.54) is 12.1 Å². The summed E-state index contributed by atoms with van der Waals surface area (Å²) in [6.07, 6.45) is -0.107. The third-order valence-corrected chi connectivity index (χ3v) is 5.62. The van der Waals surface area contributed by atoms with Crippen LogP contribution in [0.5, 0.6) is 5.75 Å². The number of rotatable bonds is 7. The van der Waals surface area contributed by atoms with Gasteiger partial charge < -0.3 is 15.4 Å². The van der Waals surface area contributed by atoms with E-state index in [-0.39, 0.29) is 42.6 Å². The first-order valence-corrected chi connectivity index (χ1v) is 10.9. The van der Waals surface area contributed by atoms with Crippen molar-refractivity contribution in [2.45, 2.75) is 45.5 Å². The molecule has 1 aliphatic heterocycles. The fraction of sp³-hybridized carbons (Fsp3) is 0.320. The lowest BCUT2D eigenvalue weighted by atomic mass is 10.0. The molecule has 0 bridgehead atoms. The van der Waals surface area contributed by atoms with Gasteiger partial charge in [-0.2, -0.15) is 0 Å². The van der Waals surface area contributed by atoms with Crippen LogP contribution in [0, 0.1) is 5.82 Å². The molecule has 0 saturated heterocycles. The standard InChI is InChI=1S/C25H27FN4O3/c1-25(2)24-29-20(14-21(31)27-15-17-8-10-19(26)11-9-17)22(23(32)30(24)13-12-28-25)33-16-18-6-4-3-5-7-18/h3-11,28H,12-16H2,1-2H3,(H,27,31). The van der Waals surface area contributed by atoms with Crippen molar-refractivity contribution in [1.82, 2.24) is 20.2 Å². The lowest BCUT2D eigenvalue weighted by Gasteiger charge is -2.34. The summed E-state index contributed by atoms with van der Waals surface area (Å²) in [4.78, 5) is 30.8. The Balaban J connectivity index is 1.59. The number of hydrogen-bond acceptors (Lipinski definition) is 5. The zero-order chi connectivity index (χ0) is 23.4. The molecule has 0 radical (unpaired) electrons. The van der Waals surface area contributed by atoms with Gasteiger partial charge in [-0.3, -0.25) is 14.2 Å². The van der Waals surface area contributed by atoms with E-state index in [1.54, 1.807) is 16.7 Å². The van der Waals surface area contributed by atoms with E-state index >= 15 is 0 Å². The van der Waals surface area contributed by atoms with E-state index in [0.29, 0.717) is 24.6 Å². The number of fused-ring (bicyclic) bond motifs is 1. The highest BCUT2D eigenvalue weighted by atomic mass is 19.1. The van der Waals surface area contributed by atoms with E-state index in [1.807, 2.05) is 44.2 Å². The second kappa shape index (κ2) is 9.54. The van der Waals surface area contributed by atoms with Crippen LogP contribution < -0.4 is 20.9 Å². The summed E-state index contributed by atoms with van der Waals surface area (Å²) in [5, 5.41) is 6.16. The molecular weight excluding hydrogens is 423 g/mol. The van der Waals surface area contributed by atoms with Crippen molar-refractivity contribution in [2.75, 3.05) is 6.54 Å². The number of carbonyl (C=O) groups excluding carboxylic acids is 1. The van der Waals surface area contributed by atoms with Gasteiger partial charge in [0, 0.05) is 19.6 Å². The normalized spacial score (nSPS) is 14.4. The minimum atomic E-state index is -0.519. The van der Waals surface area contributed by atoms with Gasteiger partial charge in [-0.25, -0.2) is 9.37 Å². The smallest absolute Gasteiger partial charge is 0.296 e. The SMILES string of the molecule is CC1(C)NCCn2c1nc(CC(=O)NCc1ccc(F)cc1)c(OCc1ccccc1)c2=O. The van der Waals surface area contributed by atoms with E-state index in [2.05, 4.69) is 10.6 Å². The molecule has 8 heteroatoms. The van der Waals surface area contributed by atoms with Crippen molar-refractivity contribution in [1.29, 1.82) is 0 Å². The molecule has 4 rings (SSSR count). The quantitative estimate of drug-likeness (QED) is 0.578. The molecule has 1 aliphatic rings. The molecule has 1 amide bonds. The number of hydrogen-bond donors (Lipinski definition) is 2. The molecular formula is C25H27FN4O3. The number of nitrogens with zero attached hydrogens (tertiary/aromatic N) is 2. The molecule has 1 aromatic heterocycles. The van der Waals surface area contributed by atoms with Gasteiger partial charge in [0.05, 0.1) is 17.7 Å². The highest BCUT2D eigenvalue weighted by Crippen LogP contribution is 2.24. The average Bonchev–Trinajstić information content (AvgIpc) is 2.80. The van der Waals surface area contributed by atoms with Crippen molar-refractivity contribution < 1.29 is 13.9 Å². The third-order valence-electron chi connectivity index (χ3n) is 5.62. The van der Waals surface area contributed by atoms with Gasteiger partial charge in [0.25, 0.3) is 5.56 Å². The predicted molar refractivity (Wildman–Crippen MR) is 122 cm³/mol. The van der Waals surface area contributed by atoms with Gasteiger partial charge in [-0.05, 0) is 37.1 Å². The molecule has 3 aromatic rings. The van der Waals surface area contributed by atoms with Crippen LogP contribution >= 0.6 is 0 Å². The summed E-state index contributed by atoms with van der Waals surface area (Å²) >= 11 is 0. The average molecular weight is 451 g/mol. The van der Waals surface area contributed by atoms with Crippen LogP contribution in [0.3, 0.4) is 0 Å². The van der Waals surface area contributed by atoms with Crippen LogP contribution in [-0.2, 0) is 36.5 Å². The van der Waals surface area contributed by atoms with Gasteiger partial charge in [-0.1, -0.05) is 42.5 Å². The highest BCUT2D eigenvalue weighted by molar-refractivity contribution is 5.78. The molecule has 0 atom stereocenters. The first-order chi connectivity index (χ1) is 15.8. The maximum absolute atomic E-state index is 13.3. The van der Waals surface area contributed by atoms with Gasteiger partial charge in [0.1, 0.15) is 18.2 Å². The minimum Gasteiger partial charge on any atom is -0.482 e. The molecule has 0 aliphatic carbocycles. The Kier molecular flexibility index (Phi) is 6.55. The van der Waals surface area contributed by atoms with Crippen molar-refractivity contribution >= 4 is 5.91 Å². The topological polar surface area (TPSA) is 85.2 Å². The Bertz CT molecular complexity index is 1190. The Labute approximate surface area is 191 Å². The minimum absolute atomic E-state index is 0.0947. The fourth-order valence-electron chi connectivity index (χ4n) is 3.84. The summed E-state index contributed by atoms with van der Waals surface area (Å²) in [5.41, 5.74) is 1.18. The number of benzene rings is 2. The predicted octanol–water partition coefficient (Wildman–Crippen LogP) is 2.66. The number of nitrogens with one attached hydrogen (secondary N) is 2. The van der Waals surface area contributed by atoms with Crippen LogP contribution in [0.1, 0.15) is 36.5 Å². The van der Waals surface area contributed by atoms with E-state index in [0.717, 1.165) is 11.1 Å².